The summed E-state index contributed by atoms with van der Waals surface area (Å²) in [5.41, 5.74) is 4.03. The van der Waals surface area contributed by atoms with Crippen LogP contribution < -0.4 is 5.32 Å². The van der Waals surface area contributed by atoms with Crippen molar-refractivity contribution in [2.24, 2.45) is 0 Å². The molecule has 1 N–H and O–H groups in total. The summed E-state index contributed by atoms with van der Waals surface area (Å²) < 4.78 is 15.1. The fraction of sp³-hybridized carbons (Fsp3) is 0.263. The van der Waals surface area contributed by atoms with Crippen LogP contribution in [0.1, 0.15) is 27.7 Å². The molecule has 3 aromatic rings. The molecule has 0 saturated carbocycles. The van der Waals surface area contributed by atoms with Crippen LogP contribution in [-0.2, 0) is 13.0 Å². The van der Waals surface area contributed by atoms with E-state index in [2.05, 4.69) is 10.4 Å². The summed E-state index contributed by atoms with van der Waals surface area (Å²) >= 11 is 1.42. The van der Waals surface area contributed by atoms with Gasteiger partial charge in [-0.05, 0) is 49.6 Å². The molecule has 4 nitrogen and oxygen atoms in total. The molecule has 3 rings (SSSR count). The summed E-state index contributed by atoms with van der Waals surface area (Å²) in [4.78, 5) is 13.0. The van der Waals surface area contributed by atoms with E-state index in [1.807, 2.05) is 42.2 Å². The maximum Gasteiger partial charge on any atom is 0.261 e. The first-order valence-corrected chi connectivity index (χ1v) is 9.10. The van der Waals surface area contributed by atoms with Gasteiger partial charge in [0.2, 0.25) is 0 Å². The Morgan fingerprint density at radius 2 is 2.20 bits per heavy atom. The summed E-state index contributed by atoms with van der Waals surface area (Å²) in [5.74, 6) is -0.359. The number of amides is 1. The molecule has 0 aliphatic heterocycles. The number of carbonyl (C=O) groups is 1. The zero-order valence-electron chi connectivity index (χ0n) is 14.3. The van der Waals surface area contributed by atoms with Crippen molar-refractivity contribution in [2.45, 2.75) is 26.8 Å². The highest BCUT2D eigenvalue weighted by atomic mass is 32.1. The van der Waals surface area contributed by atoms with Crippen molar-refractivity contribution in [3.8, 4) is 11.3 Å². The number of carbonyl (C=O) groups excluding carboxylic acids is 1. The van der Waals surface area contributed by atoms with E-state index < -0.39 is 0 Å². The fourth-order valence-corrected chi connectivity index (χ4v) is 3.58. The van der Waals surface area contributed by atoms with Gasteiger partial charge in [0.25, 0.3) is 5.91 Å². The molecular weight excluding hydrogens is 337 g/mol. The van der Waals surface area contributed by atoms with Crippen LogP contribution in [0.15, 0.2) is 41.9 Å². The number of benzene rings is 1. The third-order valence-corrected chi connectivity index (χ3v) is 4.94. The van der Waals surface area contributed by atoms with Gasteiger partial charge in [-0.25, -0.2) is 4.39 Å². The molecule has 130 valence electrons. The molecule has 0 radical (unpaired) electrons. The Bertz CT molecular complexity index is 884. The molecule has 25 heavy (non-hydrogen) atoms. The largest absolute Gasteiger partial charge is 0.351 e. The zero-order valence-corrected chi connectivity index (χ0v) is 15.1. The molecule has 2 aromatic heterocycles. The lowest BCUT2D eigenvalue weighted by molar-refractivity contribution is 0.0958. The number of hydrogen-bond acceptors (Lipinski definition) is 3. The van der Waals surface area contributed by atoms with Gasteiger partial charge < -0.3 is 5.32 Å². The Hall–Kier alpha value is -2.47. The first-order valence-electron chi connectivity index (χ1n) is 8.22. The molecule has 1 aromatic carbocycles. The van der Waals surface area contributed by atoms with E-state index in [1.54, 1.807) is 6.07 Å². The molecule has 0 spiro atoms. The minimum absolute atomic E-state index is 0.104. The van der Waals surface area contributed by atoms with Gasteiger partial charge in [-0.15, -0.1) is 11.3 Å². The average molecular weight is 357 g/mol. The second-order valence-electron chi connectivity index (χ2n) is 5.83. The van der Waals surface area contributed by atoms with Crippen LogP contribution >= 0.6 is 11.3 Å². The molecule has 0 aliphatic rings. The Morgan fingerprint density at radius 3 is 2.96 bits per heavy atom. The number of halogens is 1. The van der Waals surface area contributed by atoms with E-state index >= 15 is 0 Å². The van der Waals surface area contributed by atoms with Crippen LogP contribution in [0.25, 0.3) is 11.3 Å². The van der Waals surface area contributed by atoms with Crippen LogP contribution in [-0.4, -0.2) is 22.2 Å². The predicted octanol–water partition coefficient (Wildman–Crippen LogP) is 4.05. The van der Waals surface area contributed by atoms with Crippen molar-refractivity contribution in [1.29, 1.82) is 0 Å². The maximum atomic E-state index is 13.2. The van der Waals surface area contributed by atoms with Crippen molar-refractivity contribution in [3.05, 3.63) is 63.7 Å². The van der Waals surface area contributed by atoms with Crippen LogP contribution in [0.2, 0.25) is 0 Å². The summed E-state index contributed by atoms with van der Waals surface area (Å²) in [6.45, 7) is 5.32. The highest BCUT2D eigenvalue weighted by molar-refractivity contribution is 7.12. The molecule has 0 saturated heterocycles. The minimum atomic E-state index is -0.255. The number of nitrogens with zero attached hydrogens (tertiary/aromatic N) is 2. The lowest BCUT2D eigenvalue weighted by atomic mass is 10.1. The number of aromatic nitrogens is 2. The van der Waals surface area contributed by atoms with Gasteiger partial charge in [-0.1, -0.05) is 12.1 Å². The summed E-state index contributed by atoms with van der Waals surface area (Å²) in [7, 11) is 0. The van der Waals surface area contributed by atoms with E-state index in [0.29, 0.717) is 17.8 Å². The van der Waals surface area contributed by atoms with E-state index in [0.717, 1.165) is 28.9 Å². The second-order valence-corrected chi connectivity index (χ2v) is 6.74. The van der Waals surface area contributed by atoms with Crippen molar-refractivity contribution < 1.29 is 9.18 Å². The SMILES string of the molecule is CCn1ncc(C)c1-c1csc(C(=O)NCCc2cccc(F)c2)c1. The smallest absolute Gasteiger partial charge is 0.261 e. The molecule has 2 heterocycles. The average Bonchev–Trinajstić information content (AvgIpc) is 3.21. The number of nitrogens with one attached hydrogen (secondary N) is 1. The van der Waals surface area contributed by atoms with Gasteiger partial charge >= 0.3 is 0 Å². The van der Waals surface area contributed by atoms with Gasteiger partial charge in [0.05, 0.1) is 16.8 Å². The third kappa shape index (κ3) is 3.96. The van der Waals surface area contributed by atoms with E-state index in [1.165, 1.54) is 23.5 Å². The Labute approximate surface area is 150 Å². The maximum absolute atomic E-state index is 13.2. The topological polar surface area (TPSA) is 46.9 Å². The Kier molecular flexibility index (Phi) is 5.28. The van der Waals surface area contributed by atoms with Crippen LogP contribution in [0.5, 0.6) is 0 Å². The second kappa shape index (κ2) is 7.61. The van der Waals surface area contributed by atoms with Crippen LogP contribution in [0, 0.1) is 12.7 Å². The molecule has 0 unspecified atom stereocenters. The van der Waals surface area contributed by atoms with Crippen molar-refractivity contribution >= 4 is 17.2 Å². The first kappa shape index (κ1) is 17.4. The number of hydrogen-bond donors (Lipinski definition) is 1. The standard InChI is InChI=1S/C19H20FN3OS/c1-3-23-18(13(2)11-22-23)15-10-17(25-12-15)19(24)21-8-7-14-5-4-6-16(20)9-14/h4-6,9-12H,3,7-8H2,1-2H3,(H,21,24). The van der Waals surface area contributed by atoms with E-state index in [9.17, 15) is 9.18 Å². The minimum Gasteiger partial charge on any atom is -0.351 e. The molecular formula is C19H20FN3OS. The molecule has 0 bridgehead atoms. The van der Waals surface area contributed by atoms with Gasteiger partial charge in [0.15, 0.2) is 0 Å². The lowest BCUT2D eigenvalue weighted by Gasteiger charge is -2.05. The Morgan fingerprint density at radius 1 is 1.36 bits per heavy atom. The summed E-state index contributed by atoms with van der Waals surface area (Å²) in [6.07, 6.45) is 2.44. The molecule has 0 aliphatic carbocycles. The molecule has 0 atom stereocenters. The van der Waals surface area contributed by atoms with E-state index in [4.69, 9.17) is 0 Å². The normalized spacial score (nSPS) is 10.8. The van der Waals surface area contributed by atoms with Crippen molar-refractivity contribution in [1.82, 2.24) is 15.1 Å². The van der Waals surface area contributed by atoms with Crippen LogP contribution in [0.3, 0.4) is 0 Å². The Balaban J connectivity index is 1.64. The fourth-order valence-electron chi connectivity index (χ4n) is 2.77. The summed E-state index contributed by atoms with van der Waals surface area (Å²) in [5, 5.41) is 9.22. The third-order valence-electron chi connectivity index (χ3n) is 4.01. The van der Waals surface area contributed by atoms with Crippen molar-refractivity contribution in [3.63, 3.8) is 0 Å². The highest BCUT2D eigenvalue weighted by Gasteiger charge is 2.14. The van der Waals surface area contributed by atoms with Gasteiger partial charge in [-0.3, -0.25) is 9.48 Å². The molecule has 6 heteroatoms. The number of rotatable bonds is 6. The van der Waals surface area contributed by atoms with Gasteiger partial charge in [0.1, 0.15) is 5.82 Å². The lowest BCUT2D eigenvalue weighted by Crippen LogP contribution is -2.24. The zero-order chi connectivity index (χ0) is 17.8. The first-order chi connectivity index (χ1) is 12.1. The van der Waals surface area contributed by atoms with Gasteiger partial charge in [0, 0.05) is 24.0 Å². The van der Waals surface area contributed by atoms with Crippen molar-refractivity contribution in [2.75, 3.05) is 6.54 Å². The number of thiophene rings is 1. The predicted molar refractivity (Wildman–Crippen MR) is 98.4 cm³/mol. The monoisotopic (exact) mass is 357 g/mol. The molecule has 1 amide bonds. The number of aryl methyl sites for hydroxylation is 2. The van der Waals surface area contributed by atoms with Crippen LogP contribution in [0.4, 0.5) is 4.39 Å². The molecule has 0 fully saturated rings. The summed E-state index contributed by atoms with van der Waals surface area (Å²) in [6, 6.07) is 8.34. The van der Waals surface area contributed by atoms with Gasteiger partial charge in [-0.2, -0.15) is 5.10 Å². The van der Waals surface area contributed by atoms with E-state index in [-0.39, 0.29) is 11.7 Å². The highest BCUT2D eigenvalue weighted by Crippen LogP contribution is 2.28. The quantitative estimate of drug-likeness (QED) is 0.723.